The van der Waals surface area contributed by atoms with Gasteiger partial charge in [-0.25, -0.2) is 14.0 Å². The number of aromatic carboxylic acids is 1. The molecule has 0 atom stereocenters. The number of urea groups is 1. The van der Waals surface area contributed by atoms with E-state index in [1.54, 1.807) is 0 Å². The van der Waals surface area contributed by atoms with Gasteiger partial charge < -0.3 is 20.5 Å². The average molecular weight is 296 g/mol. The monoisotopic (exact) mass is 296 g/mol. The van der Waals surface area contributed by atoms with Crippen molar-refractivity contribution >= 4 is 17.7 Å². The number of amides is 2. The highest BCUT2D eigenvalue weighted by Crippen LogP contribution is 2.23. The van der Waals surface area contributed by atoms with Crippen LogP contribution >= 0.6 is 0 Å². The number of rotatable bonds is 5. The summed E-state index contributed by atoms with van der Waals surface area (Å²) in [4.78, 5) is 22.8. The van der Waals surface area contributed by atoms with Crippen LogP contribution in [0, 0.1) is 5.82 Å². The Kier molecular flexibility index (Phi) is 4.74. The molecule has 0 spiro atoms. The second kappa shape index (κ2) is 6.53. The molecule has 0 saturated heterocycles. The molecule has 7 heteroatoms. The number of hydrogen-bond donors (Lipinski definition) is 3. The third kappa shape index (κ3) is 3.91. The van der Waals surface area contributed by atoms with Gasteiger partial charge in [-0.1, -0.05) is 0 Å². The van der Waals surface area contributed by atoms with Gasteiger partial charge in [0.15, 0.2) is 0 Å². The summed E-state index contributed by atoms with van der Waals surface area (Å²) in [6.45, 7) is 2.55. The van der Waals surface area contributed by atoms with E-state index in [1.807, 2.05) is 6.92 Å². The zero-order valence-electron chi connectivity index (χ0n) is 11.6. The highest BCUT2D eigenvalue weighted by Gasteiger charge is 2.30. The molecule has 0 aromatic heterocycles. The minimum Gasteiger partial charge on any atom is -0.478 e. The molecule has 2 rings (SSSR count). The Balaban J connectivity index is 1.90. The molecule has 21 heavy (non-hydrogen) atoms. The molecule has 2 amide bonds. The fraction of sp³-hybridized carbons (Fsp3) is 0.429. The maximum Gasteiger partial charge on any atom is 0.337 e. The number of anilines is 1. The second-order valence-corrected chi connectivity index (χ2v) is 4.84. The van der Waals surface area contributed by atoms with Crippen molar-refractivity contribution in [1.29, 1.82) is 0 Å². The molecule has 1 aromatic rings. The van der Waals surface area contributed by atoms with Crippen LogP contribution in [0.15, 0.2) is 18.2 Å². The number of benzene rings is 1. The lowest BCUT2D eigenvalue weighted by atomic mass is 9.89. The van der Waals surface area contributed by atoms with Crippen molar-refractivity contribution in [2.45, 2.75) is 31.9 Å². The van der Waals surface area contributed by atoms with Gasteiger partial charge in [0.2, 0.25) is 0 Å². The molecule has 6 nitrogen and oxygen atoms in total. The smallest absolute Gasteiger partial charge is 0.337 e. The number of hydrogen-bond acceptors (Lipinski definition) is 3. The summed E-state index contributed by atoms with van der Waals surface area (Å²) < 4.78 is 18.4. The highest BCUT2D eigenvalue weighted by atomic mass is 19.1. The molecule has 1 aromatic carbocycles. The van der Waals surface area contributed by atoms with Gasteiger partial charge in [-0.2, -0.15) is 0 Å². The van der Waals surface area contributed by atoms with Crippen molar-refractivity contribution in [3.63, 3.8) is 0 Å². The number of ether oxygens (including phenoxy) is 1. The van der Waals surface area contributed by atoms with E-state index in [1.165, 1.54) is 6.07 Å². The molecule has 1 aliphatic rings. The largest absolute Gasteiger partial charge is 0.478 e. The van der Waals surface area contributed by atoms with E-state index >= 15 is 0 Å². The third-order valence-corrected chi connectivity index (χ3v) is 3.29. The van der Waals surface area contributed by atoms with Gasteiger partial charge in [0.05, 0.1) is 17.4 Å². The molecular weight excluding hydrogens is 279 g/mol. The number of nitrogens with one attached hydrogen (secondary N) is 2. The summed E-state index contributed by atoms with van der Waals surface area (Å²) in [6.07, 6.45) is 1.63. The summed E-state index contributed by atoms with van der Waals surface area (Å²) in [7, 11) is 0. The SMILES string of the molecule is CCOC1CC(NC(=O)Nc2ccc(F)cc2C(=O)O)C1. The van der Waals surface area contributed by atoms with Crippen molar-refractivity contribution in [2.24, 2.45) is 0 Å². The number of carboxylic acids is 1. The van der Waals surface area contributed by atoms with E-state index in [9.17, 15) is 14.0 Å². The molecule has 3 N–H and O–H groups in total. The van der Waals surface area contributed by atoms with Crippen LogP contribution in [0.3, 0.4) is 0 Å². The standard InChI is InChI=1S/C14H17FN2O4/c1-2-21-10-6-9(7-10)16-14(20)17-12-4-3-8(15)5-11(12)13(18)19/h3-5,9-10H,2,6-7H2,1H3,(H,18,19)(H2,16,17,20). The fourth-order valence-corrected chi connectivity index (χ4v) is 2.20. The maximum absolute atomic E-state index is 13.0. The van der Waals surface area contributed by atoms with Crippen LogP contribution < -0.4 is 10.6 Å². The predicted molar refractivity (Wildman–Crippen MR) is 73.9 cm³/mol. The Morgan fingerprint density at radius 1 is 1.43 bits per heavy atom. The molecule has 1 fully saturated rings. The Morgan fingerprint density at radius 3 is 2.76 bits per heavy atom. The van der Waals surface area contributed by atoms with Gasteiger partial charge in [0.1, 0.15) is 5.82 Å². The first-order valence-corrected chi connectivity index (χ1v) is 6.71. The lowest BCUT2D eigenvalue weighted by Gasteiger charge is -2.35. The van der Waals surface area contributed by atoms with Crippen molar-refractivity contribution in [3.05, 3.63) is 29.6 Å². The molecular formula is C14H17FN2O4. The van der Waals surface area contributed by atoms with E-state index in [0.29, 0.717) is 6.61 Å². The van der Waals surface area contributed by atoms with Crippen LogP contribution in [0.4, 0.5) is 14.9 Å². The molecule has 0 heterocycles. The van der Waals surface area contributed by atoms with Crippen LogP contribution in [-0.2, 0) is 4.74 Å². The van der Waals surface area contributed by atoms with E-state index in [-0.39, 0.29) is 23.4 Å². The lowest BCUT2D eigenvalue weighted by molar-refractivity contribution is -0.00673. The van der Waals surface area contributed by atoms with Crippen molar-refractivity contribution in [1.82, 2.24) is 5.32 Å². The quantitative estimate of drug-likeness (QED) is 0.777. The maximum atomic E-state index is 13.0. The molecule has 114 valence electrons. The summed E-state index contributed by atoms with van der Waals surface area (Å²) in [6, 6.07) is 2.68. The van der Waals surface area contributed by atoms with Gasteiger partial charge in [-0.05, 0) is 38.0 Å². The molecule has 0 bridgehead atoms. The van der Waals surface area contributed by atoms with Crippen LogP contribution in [0.1, 0.15) is 30.1 Å². The van der Waals surface area contributed by atoms with Gasteiger partial charge in [-0.15, -0.1) is 0 Å². The number of halogens is 1. The molecule has 0 radical (unpaired) electrons. The van der Waals surface area contributed by atoms with Gasteiger partial charge in [0.25, 0.3) is 0 Å². The zero-order chi connectivity index (χ0) is 15.4. The van der Waals surface area contributed by atoms with Gasteiger partial charge in [0, 0.05) is 12.6 Å². The van der Waals surface area contributed by atoms with Gasteiger partial charge in [-0.3, -0.25) is 0 Å². The first-order valence-electron chi connectivity index (χ1n) is 6.71. The first-order chi connectivity index (χ1) is 9.99. The van der Waals surface area contributed by atoms with Crippen LogP contribution in [0.25, 0.3) is 0 Å². The van der Waals surface area contributed by atoms with Gasteiger partial charge >= 0.3 is 12.0 Å². The van der Waals surface area contributed by atoms with Crippen LogP contribution in [0.2, 0.25) is 0 Å². The number of carbonyl (C=O) groups is 2. The summed E-state index contributed by atoms with van der Waals surface area (Å²) in [5.74, 6) is -1.97. The summed E-state index contributed by atoms with van der Waals surface area (Å²) in [5.41, 5.74) is -0.229. The molecule has 0 unspecified atom stereocenters. The molecule has 0 aliphatic heterocycles. The fourth-order valence-electron chi connectivity index (χ4n) is 2.20. The Bertz CT molecular complexity index is 544. The number of carbonyl (C=O) groups excluding carboxylic acids is 1. The van der Waals surface area contributed by atoms with Crippen LogP contribution in [0.5, 0.6) is 0 Å². The minimum atomic E-state index is -1.30. The van der Waals surface area contributed by atoms with Crippen LogP contribution in [-0.4, -0.2) is 35.9 Å². The van der Waals surface area contributed by atoms with Crippen molar-refractivity contribution in [3.8, 4) is 0 Å². The Labute approximate surface area is 121 Å². The second-order valence-electron chi connectivity index (χ2n) is 4.84. The van der Waals surface area contributed by atoms with Crippen molar-refractivity contribution in [2.75, 3.05) is 11.9 Å². The highest BCUT2D eigenvalue weighted by molar-refractivity contribution is 6.00. The first kappa shape index (κ1) is 15.2. The van der Waals surface area contributed by atoms with E-state index in [2.05, 4.69) is 10.6 Å². The third-order valence-electron chi connectivity index (χ3n) is 3.29. The van der Waals surface area contributed by atoms with E-state index < -0.39 is 17.8 Å². The predicted octanol–water partition coefficient (Wildman–Crippen LogP) is 2.21. The van der Waals surface area contributed by atoms with E-state index in [0.717, 1.165) is 25.0 Å². The topological polar surface area (TPSA) is 87.7 Å². The Hall–Kier alpha value is -2.15. The van der Waals surface area contributed by atoms with E-state index in [4.69, 9.17) is 9.84 Å². The molecule has 1 aliphatic carbocycles. The Morgan fingerprint density at radius 2 is 2.14 bits per heavy atom. The van der Waals surface area contributed by atoms with Crippen molar-refractivity contribution < 1.29 is 23.8 Å². The normalized spacial score (nSPS) is 20.5. The summed E-state index contributed by atoms with van der Waals surface area (Å²) >= 11 is 0. The average Bonchev–Trinajstić information content (AvgIpc) is 2.38. The lowest BCUT2D eigenvalue weighted by Crippen LogP contribution is -2.49. The minimum absolute atomic E-state index is 0.00952. The zero-order valence-corrected chi connectivity index (χ0v) is 11.6. The molecule has 1 saturated carbocycles. The summed E-state index contributed by atoms with van der Waals surface area (Å²) in [5, 5.41) is 14.1. The number of carboxylic acid groups (broad SMARTS) is 1.